The SMILES string of the molecule is Cc1ccc(NC(=O)CCN2CCC(C(=O)N3CCc4cc(C)c(C)cc4C3)CC2)cc1C. The molecule has 5 nitrogen and oxygen atoms in total. The number of nitrogens with one attached hydrogen (secondary N) is 1. The molecular weight excluding hydrogens is 410 g/mol. The molecule has 0 unspecified atom stereocenters. The number of hydrogen-bond acceptors (Lipinski definition) is 3. The highest BCUT2D eigenvalue weighted by molar-refractivity contribution is 5.91. The fourth-order valence-corrected chi connectivity index (χ4v) is 5.01. The number of carbonyl (C=O) groups excluding carboxylic acids is 2. The van der Waals surface area contributed by atoms with Gasteiger partial charge in [0.15, 0.2) is 0 Å². The Bertz CT molecular complexity index is 1040. The van der Waals surface area contributed by atoms with E-state index in [1.54, 1.807) is 0 Å². The lowest BCUT2D eigenvalue weighted by Crippen LogP contribution is -2.44. The summed E-state index contributed by atoms with van der Waals surface area (Å²) in [6.45, 7) is 12.5. The van der Waals surface area contributed by atoms with E-state index >= 15 is 0 Å². The summed E-state index contributed by atoms with van der Waals surface area (Å²) in [7, 11) is 0. The van der Waals surface area contributed by atoms with Gasteiger partial charge in [-0.15, -0.1) is 0 Å². The summed E-state index contributed by atoms with van der Waals surface area (Å²) in [5.41, 5.74) is 8.62. The zero-order valence-electron chi connectivity index (χ0n) is 20.5. The van der Waals surface area contributed by atoms with Crippen molar-refractivity contribution in [2.24, 2.45) is 5.92 Å². The molecule has 0 aromatic heterocycles. The fourth-order valence-electron chi connectivity index (χ4n) is 5.01. The second-order valence-electron chi connectivity index (χ2n) is 9.93. The van der Waals surface area contributed by atoms with Crippen molar-refractivity contribution in [3.05, 3.63) is 63.7 Å². The molecule has 176 valence electrons. The Morgan fingerprint density at radius 3 is 2.24 bits per heavy atom. The lowest BCUT2D eigenvalue weighted by Gasteiger charge is -2.36. The van der Waals surface area contributed by atoms with Crippen LogP contribution in [0.2, 0.25) is 0 Å². The average Bonchev–Trinajstić information content (AvgIpc) is 2.80. The van der Waals surface area contributed by atoms with Crippen LogP contribution in [0.15, 0.2) is 30.3 Å². The molecule has 2 aliphatic rings. The molecule has 33 heavy (non-hydrogen) atoms. The van der Waals surface area contributed by atoms with Crippen molar-refractivity contribution in [3.63, 3.8) is 0 Å². The van der Waals surface area contributed by atoms with Crippen molar-refractivity contribution < 1.29 is 9.59 Å². The van der Waals surface area contributed by atoms with Gasteiger partial charge in [-0.25, -0.2) is 0 Å². The fraction of sp³-hybridized carbons (Fsp3) is 0.500. The van der Waals surface area contributed by atoms with E-state index in [0.717, 1.165) is 57.7 Å². The van der Waals surface area contributed by atoms with Crippen LogP contribution in [0, 0.1) is 33.6 Å². The van der Waals surface area contributed by atoms with Gasteiger partial charge in [0.25, 0.3) is 0 Å². The molecule has 1 fully saturated rings. The van der Waals surface area contributed by atoms with Gasteiger partial charge < -0.3 is 15.1 Å². The van der Waals surface area contributed by atoms with Crippen LogP contribution in [0.3, 0.4) is 0 Å². The molecule has 1 N–H and O–H groups in total. The van der Waals surface area contributed by atoms with Gasteiger partial charge in [-0.2, -0.15) is 0 Å². The number of fused-ring (bicyclic) bond motifs is 1. The third-order valence-electron chi connectivity index (χ3n) is 7.52. The van der Waals surface area contributed by atoms with Crippen molar-refractivity contribution in [2.75, 3.05) is 31.5 Å². The summed E-state index contributed by atoms with van der Waals surface area (Å²) in [4.78, 5) is 29.9. The van der Waals surface area contributed by atoms with E-state index in [1.807, 2.05) is 18.2 Å². The minimum absolute atomic E-state index is 0.0500. The van der Waals surface area contributed by atoms with Crippen molar-refractivity contribution in [1.82, 2.24) is 9.80 Å². The van der Waals surface area contributed by atoms with E-state index < -0.39 is 0 Å². The van der Waals surface area contributed by atoms with Crippen molar-refractivity contribution >= 4 is 17.5 Å². The van der Waals surface area contributed by atoms with Gasteiger partial charge in [-0.05, 0) is 106 Å². The van der Waals surface area contributed by atoms with Crippen LogP contribution in [0.4, 0.5) is 5.69 Å². The first kappa shape index (κ1) is 23.5. The molecule has 2 aromatic rings. The summed E-state index contributed by atoms with van der Waals surface area (Å²) in [6.07, 6.45) is 3.20. The molecular formula is C28H37N3O2. The Labute approximate surface area is 198 Å². The van der Waals surface area contributed by atoms with Gasteiger partial charge in [0.1, 0.15) is 0 Å². The number of hydrogen-bond donors (Lipinski definition) is 1. The molecule has 2 amide bonds. The van der Waals surface area contributed by atoms with Crippen LogP contribution in [0.1, 0.15) is 52.6 Å². The number of carbonyl (C=O) groups is 2. The number of nitrogens with zero attached hydrogens (tertiary/aromatic N) is 2. The maximum Gasteiger partial charge on any atom is 0.226 e. The first-order valence-corrected chi connectivity index (χ1v) is 12.3. The highest BCUT2D eigenvalue weighted by atomic mass is 16.2. The molecule has 2 heterocycles. The molecule has 4 rings (SSSR count). The van der Waals surface area contributed by atoms with Crippen LogP contribution < -0.4 is 5.32 Å². The summed E-state index contributed by atoms with van der Waals surface area (Å²) >= 11 is 0. The lowest BCUT2D eigenvalue weighted by atomic mass is 9.91. The zero-order valence-corrected chi connectivity index (χ0v) is 20.5. The largest absolute Gasteiger partial charge is 0.338 e. The van der Waals surface area contributed by atoms with Crippen LogP contribution in [0.25, 0.3) is 0 Å². The molecule has 2 aliphatic heterocycles. The first-order valence-electron chi connectivity index (χ1n) is 12.3. The molecule has 2 aromatic carbocycles. The van der Waals surface area contributed by atoms with E-state index in [4.69, 9.17) is 0 Å². The van der Waals surface area contributed by atoms with E-state index in [0.29, 0.717) is 12.3 Å². The van der Waals surface area contributed by atoms with Crippen molar-refractivity contribution in [1.29, 1.82) is 0 Å². The molecule has 0 spiro atoms. The van der Waals surface area contributed by atoms with Crippen LogP contribution >= 0.6 is 0 Å². The standard InChI is InChI=1S/C28H37N3O2/c1-19-5-6-26(17-22(19)4)29-27(32)10-13-30-11-7-23(8-12-30)28(33)31-14-9-24-15-20(2)21(3)16-25(24)18-31/h5-6,15-17,23H,7-14,18H2,1-4H3,(H,29,32). The smallest absolute Gasteiger partial charge is 0.226 e. The third kappa shape index (κ3) is 5.64. The number of piperidine rings is 1. The van der Waals surface area contributed by atoms with Gasteiger partial charge in [0, 0.05) is 37.7 Å². The molecule has 5 heteroatoms. The molecule has 0 saturated carbocycles. The van der Waals surface area contributed by atoms with E-state index in [-0.39, 0.29) is 11.8 Å². The normalized spacial score (nSPS) is 17.0. The van der Waals surface area contributed by atoms with Gasteiger partial charge in [-0.1, -0.05) is 18.2 Å². The highest BCUT2D eigenvalue weighted by Gasteiger charge is 2.30. The summed E-state index contributed by atoms with van der Waals surface area (Å²) in [5, 5.41) is 3.01. The first-order chi connectivity index (χ1) is 15.8. The van der Waals surface area contributed by atoms with Crippen LogP contribution in [-0.4, -0.2) is 47.8 Å². The monoisotopic (exact) mass is 447 g/mol. The molecule has 0 bridgehead atoms. The Morgan fingerprint density at radius 1 is 0.879 bits per heavy atom. The number of likely N-dealkylation sites (tertiary alicyclic amines) is 1. The molecule has 0 radical (unpaired) electrons. The summed E-state index contributed by atoms with van der Waals surface area (Å²) < 4.78 is 0. The summed E-state index contributed by atoms with van der Waals surface area (Å²) in [6, 6.07) is 10.6. The van der Waals surface area contributed by atoms with E-state index in [1.165, 1.54) is 33.4 Å². The van der Waals surface area contributed by atoms with Gasteiger partial charge in [0.2, 0.25) is 11.8 Å². The average molecular weight is 448 g/mol. The van der Waals surface area contributed by atoms with Gasteiger partial charge in [-0.3, -0.25) is 9.59 Å². The number of anilines is 1. The zero-order chi connectivity index (χ0) is 23.5. The Hall–Kier alpha value is -2.66. The van der Waals surface area contributed by atoms with Crippen LogP contribution in [-0.2, 0) is 22.6 Å². The van der Waals surface area contributed by atoms with Crippen molar-refractivity contribution in [2.45, 2.75) is 59.9 Å². The quantitative estimate of drug-likeness (QED) is 0.732. The predicted molar refractivity (Wildman–Crippen MR) is 133 cm³/mol. The van der Waals surface area contributed by atoms with E-state index in [2.05, 4.69) is 54.9 Å². The Kier molecular flexibility index (Phi) is 7.18. The Balaban J connectivity index is 1.22. The number of amides is 2. The summed E-state index contributed by atoms with van der Waals surface area (Å²) in [5.74, 6) is 0.471. The van der Waals surface area contributed by atoms with Gasteiger partial charge >= 0.3 is 0 Å². The second-order valence-corrected chi connectivity index (χ2v) is 9.93. The van der Waals surface area contributed by atoms with Crippen molar-refractivity contribution in [3.8, 4) is 0 Å². The third-order valence-corrected chi connectivity index (χ3v) is 7.52. The maximum atomic E-state index is 13.2. The Morgan fingerprint density at radius 2 is 1.55 bits per heavy atom. The van der Waals surface area contributed by atoms with Gasteiger partial charge in [0.05, 0.1) is 0 Å². The number of benzene rings is 2. The van der Waals surface area contributed by atoms with Crippen LogP contribution in [0.5, 0.6) is 0 Å². The molecule has 0 atom stereocenters. The second kappa shape index (κ2) is 10.1. The molecule has 0 aliphatic carbocycles. The number of aryl methyl sites for hydroxylation is 4. The maximum absolute atomic E-state index is 13.2. The highest BCUT2D eigenvalue weighted by Crippen LogP contribution is 2.26. The van der Waals surface area contributed by atoms with E-state index in [9.17, 15) is 9.59 Å². The lowest BCUT2D eigenvalue weighted by molar-refractivity contribution is -0.138. The predicted octanol–water partition coefficient (Wildman–Crippen LogP) is 4.55. The minimum atomic E-state index is 0.0500. The number of rotatable bonds is 5. The molecule has 1 saturated heterocycles. The minimum Gasteiger partial charge on any atom is -0.338 e. The topological polar surface area (TPSA) is 52.7 Å².